The molecule has 0 radical (unpaired) electrons. The van der Waals surface area contributed by atoms with E-state index in [1.807, 2.05) is 0 Å². The SMILES string of the molecule is CC(C)C1=CCN(CI)CC1. The molecule has 0 aliphatic carbocycles. The van der Waals surface area contributed by atoms with Gasteiger partial charge in [-0.2, -0.15) is 0 Å². The molecule has 0 unspecified atom stereocenters. The number of nitrogens with zero attached hydrogens (tertiary/aromatic N) is 1. The van der Waals surface area contributed by atoms with Gasteiger partial charge in [0.2, 0.25) is 0 Å². The second-order valence-corrected chi connectivity index (χ2v) is 4.06. The molecule has 11 heavy (non-hydrogen) atoms. The van der Waals surface area contributed by atoms with E-state index in [1.165, 1.54) is 17.5 Å². The van der Waals surface area contributed by atoms with Crippen LogP contribution in [0.15, 0.2) is 11.6 Å². The van der Waals surface area contributed by atoms with Crippen LogP contribution < -0.4 is 0 Å². The Kier molecular flexibility index (Phi) is 3.85. The van der Waals surface area contributed by atoms with Crippen LogP contribution in [0.5, 0.6) is 0 Å². The smallest absolute Gasteiger partial charge is 0.0509 e. The summed E-state index contributed by atoms with van der Waals surface area (Å²) >= 11 is 2.43. The molecular weight excluding hydrogens is 249 g/mol. The first-order chi connectivity index (χ1) is 5.24. The maximum absolute atomic E-state index is 2.46. The summed E-state index contributed by atoms with van der Waals surface area (Å²) in [5.41, 5.74) is 1.64. The standard InChI is InChI=1S/C9H16IN/c1-8(2)9-3-5-11(7-10)6-4-9/h3,8H,4-7H2,1-2H3. The fraction of sp³-hybridized carbons (Fsp3) is 0.778. The zero-order valence-electron chi connectivity index (χ0n) is 7.31. The fourth-order valence-electron chi connectivity index (χ4n) is 1.36. The molecular formula is C9H16IN. The summed E-state index contributed by atoms with van der Waals surface area (Å²) in [6.45, 7) is 6.99. The van der Waals surface area contributed by atoms with Gasteiger partial charge in [-0.1, -0.05) is 48.1 Å². The molecule has 0 bridgehead atoms. The maximum atomic E-state index is 2.46. The third-order valence-electron chi connectivity index (χ3n) is 2.24. The molecule has 1 nitrogen and oxygen atoms in total. The van der Waals surface area contributed by atoms with E-state index >= 15 is 0 Å². The number of halogens is 1. The van der Waals surface area contributed by atoms with Crippen LogP contribution in [0, 0.1) is 5.92 Å². The molecule has 1 heterocycles. The van der Waals surface area contributed by atoms with Crippen LogP contribution in [0.1, 0.15) is 20.3 Å². The number of hydrogen-bond donors (Lipinski definition) is 0. The summed E-state index contributed by atoms with van der Waals surface area (Å²) in [7, 11) is 0. The van der Waals surface area contributed by atoms with Gasteiger partial charge in [-0.3, -0.25) is 4.90 Å². The number of hydrogen-bond acceptors (Lipinski definition) is 1. The number of rotatable bonds is 2. The summed E-state index contributed by atoms with van der Waals surface area (Å²) < 4.78 is 1.17. The van der Waals surface area contributed by atoms with Crippen LogP contribution in [-0.2, 0) is 0 Å². The predicted octanol–water partition coefficient (Wildman–Crippen LogP) is 2.67. The summed E-state index contributed by atoms with van der Waals surface area (Å²) in [4.78, 5) is 2.46. The third kappa shape index (κ3) is 2.75. The van der Waals surface area contributed by atoms with E-state index < -0.39 is 0 Å². The van der Waals surface area contributed by atoms with Crippen molar-refractivity contribution < 1.29 is 0 Å². The average molecular weight is 265 g/mol. The monoisotopic (exact) mass is 265 g/mol. The molecule has 0 saturated heterocycles. The quantitative estimate of drug-likeness (QED) is 0.321. The van der Waals surface area contributed by atoms with Crippen LogP contribution in [0.25, 0.3) is 0 Å². The normalized spacial score (nSPS) is 20.5. The summed E-state index contributed by atoms with van der Waals surface area (Å²) in [5, 5.41) is 0. The summed E-state index contributed by atoms with van der Waals surface area (Å²) in [6.07, 6.45) is 3.67. The van der Waals surface area contributed by atoms with Gasteiger partial charge in [-0.15, -0.1) is 0 Å². The van der Waals surface area contributed by atoms with Gasteiger partial charge in [0.05, 0.1) is 4.55 Å². The molecule has 0 N–H and O–H groups in total. The Morgan fingerprint density at radius 3 is 2.73 bits per heavy atom. The highest BCUT2D eigenvalue weighted by Gasteiger charge is 2.11. The summed E-state index contributed by atoms with van der Waals surface area (Å²) in [6, 6.07) is 0. The van der Waals surface area contributed by atoms with Crippen molar-refractivity contribution in [2.75, 3.05) is 17.6 Å². The lowest BCUT2D eigenvalue weighted by Gasteiger charge is -2.25. The Bertz CT molecular complexity index is 152. The minimum atomic E-state index is 0.756. The molecule has 0 aromatic heterocycles. The van der Waals surface area contributed by atoms with E-state index in [1.54, 1.807) is 5.57 Å². The zero-order valence-corrected chi connectivity index (χ0v) is 9.47. The summed E-state index contributed by atoms with van der Waals surface area (Å²) in [5.74, 6) is 0.756. The van der Waals surface area contributed by atoms with Crippen molar-refractivity contribution in [3.05, 3.63) is 11.6 Å². The van der Waals surface area contributed by atoms with Crippen molar-refractivity contribution in [1.29, 1.82) is 0 Å². The van der Waals surface area contributed by atoms with E-state index in [2.05, 4.69) is 47.4 Å². The Morgan fingerprint density at radius 1 is 1.64 bits per heavy atom. The zero-order chi connectivity index (χ0) is 8.27. The lowest BCUT2D eigenvalue weighted by molar-refractivity contribution is 0.344. The Morgan fingerprint density at radius 2 is 2.36 bits per heavy atom. The van der Waals surface area contributed by atoms with Crippen LogP contribution >= 0.6 is 22.6 Å². The van der Waals surface area contributed by atoms with Crippen LogP contribution in [0.3, 0.4) is 0 Å². The van der Waals surface area contributed by atoms with Crippen molar-refractivity contribution >= 4 is 22.6 Å². The molecule has 0 aromatic carbocycles. The molecule has 2 heteroatoms. The van der Waals surface area contributed by atoms with Gasteiger partial charge in [0.1, 0.15) is 0 Å². The average Bonchev–Trinajstić information content (AvgIpc) is 2.05. The lowest BCUT2D eigenvalue weighted by Crippen LogP contribution is -2.28. The molecule has 0 saturated carbocycles. The van der Waals surface area contributed by atoms with Crippen molar-refractivity contribution in [3.8, 4) is 0 Å². The Balaban J connectivity index is 2.44. The first-order valence-corrected chi connectivity index (χ1v) is 5.74. The van der Waals surface area contributed by atoms with Gasteiger partial charge < -0.3 is 0 Å². The van der Waals surface area contributed by atoms with E-state index in [0.29, 0.717) is 0 Å². The predicted molar refractivity (Wildman–Crippen MR) is 58.0 cm³/mol. The fourth-order valence-corrected chi connectivity index (χ4v) is 1.98. The van der Waals surface area contributed by atoms with Crippen molar-refractivity contribution in [1.82, 2.24) is 4.90 Å². The van der Waals surface area contributed by atoms with E-state index in [-0.39, 0.29) is 0 Å². The molecule has 1 aliphatic rings. The molecule has 0 amide bonds. The van der Waals surface area contributed by atoms with Crippen LogP contribution in [0.4, 0.5) is 0 Å². The largest absolute Gasteiger partial charge is 0.290 e. The van der Waals surface area contributed by atoms with Crippen LogP contribution in [-0.4, -0.2) is 22.5 Å². The van der Waals surface area contributed by atoms with Crippen LogP contribution in [0.2, 0.25) is 0 Å². The maximum Gasteiger partial charge on any atom is 0.0509 e. The topological polar surface area (TPSA) is 3.24 Å². The molecule has 64 valence electrons. The van der Waals surface area contributed by atoms with Crippen molar-refractivity contribution in [3.63, 3.8) is 0 Å². The van der Waals surface area contributed by atoms with Crippen molar-refractivity contribution in [2.45, 2.75) is 20.3 Å². The molecule has 1 rings (SSSR count). The lowest BCUT2D eigenvalue weighted by atomic mass is 9.97. The minimum absolute atomic E-state index is 0.756. The third-order valence-corrected chi connectivity index (χ3v) is 3.20. The second kappa shape index (κ2) is 4.45. The van der Waals surface area contributed by atoms with E-state index in [4.69, 9.17) is 0 Å². The van der Waals surface area contributed by atoms with Gasteiger partial charge in [0.25, 0.3) is 0 Å². The molecule has 1 aliphatic heterocycles. The van der Waals surface area contributed by atoms with Crippen molar-refractivity contribution in [2.24, 2.45) is 5.92 Å². The Labute approximate surface area is 83.0 Å². The van der Waals surface area contributed by atoms with Gasteiger partial charge in [0, 0.05) is 13.1 Å². The highest BCUT2D eigenvalue weighted by Crippen LogP contribution is 2.18. The Hall–Kier alpha value is 0.430. The van der Waals surface area contributed by atoms with E-state index in [9.17, 15) is 0 Å². The van der Waals surface area contributed by atoms with Gasteiger partial charge in [0.15, 0.2) is 0 Å². The second-order valence-electron chi connectivity index (χ2n) is 3.38. The molecule has 0 fully saturated rings. The highest BCUT2D eigenvalue weighted by atomic mass is 127. The molecule has 0 aromatic rings. The minimum Gasteiger partial charge on any atom is -0.290 e. The number of alkyl halides is 1. The van der Waals surface area contributed by atoms with Gasteiger partial charge in [-0.05, 0) is 12.3 Å². The first-order valence-electron chi connectivity index (χ1n) is 4.21. The van der Waals surface area contributed by atoms with Gasteiger partial charge in [-0.25, -0.2) is 0 Å². The molecule has 0 spiro atoms. The van der Waals surface area contributed by atoms with Gasteiger partial charge >= 0.3 is 0 Å². The highest BCUT2D eigenvalue weighted by molar-refractivity contribution is 14.1. The van der Waals surface area contributed by atoms with E-state index in [0.717, 1.165) is 12.5 Å². The molecule has 0 atom stereocenters. The first kappa shape index (κ1) is 9.52.